The zero-order valence-electron chi connectivity index (χ0n) is 11.6. The van der Waals surface area contributed by atoms with Crippen molar-refractivity contribution in [2.45, 2.75) is 12.6 Å². The Morgan fingerprint density at radius 3 is 2.81 bits per heavy atom. The molecule has 0 radical (unpaired) electrons. The van der Waals surface area contributed by atoms with Crippen molar-refractivity contribution in [3.63, 3.8) is 0 Å². The molecule has 1 aliphatic rings. The van der Waals surface area contributed by atoms with Crippen LogP contribution in [-0.4, -0.2) is 13.2 Å². The van der Waals surface area contributed by atoms with E-state index in [0.29, 0.717) is 6.61 Å². The lowest BCUT2D eigenvalue weighted by Gasteiger charge is -2.12. The zero-order valence-corrected chi connectivity index (χ0v) is 11.6. The molecule has 106 valence electrons. The minimum Gasteiger partial charge on any atom is -0.491 e. The summed E-state index contributed by atoms with van der Waals surface area (Å²) in [6.07, 6.45) is 0. The standard InChI is InChI=1S/C17H16N2O2/c18-9-10-20-14-7-5-13(6-8-14)11-19-16-12-21-17-4-2-1-3-15(16)17/h1-8,16,19H,10-12H2. The zero-order chi connectivity index (χ0) is 14.5. The van der Waals surface area contributed by atoms with Crippen LogP contribution in [0.1, 0.15) is 17.2 Å². The van der Waals surface area contributed by atoms with Gasteiger partial charge in [-0.3, -0.25) is 0 Å². The van der Waals surface area contributed by atoms with Crippen molar-refractivity contribution in [2.75, 3.05) is 13.2 Å². The second-order valence-electron chi connectivity index (χ2n) is 4.87. The maximum atomic E-state index is 8.47. The van der Waals surface area contributed by atoms with E-state index in [1.165, 1.54) is 11.1 Å². The molecule has 1 unspecified atom stereocenters. The van der Waals surface area contributed by atoms with E-state index in [1.807, 2.05) is 48.5 Å². The van der Waals surface area contributed by atoms with Crippen LogP contribution in [0.25, 0.3) is 0 Å². The van der Waals surface area contributed by atoms with Gasteiger partial charge in [-0.2, -0.15) is 5.26 Å². The number of benzene rings is 2. The Morgan fingerprint density at radius 1 is 1.19 bits per heavy atom. The third-order valence-electron chi connectivity index (χ3n) is 3.48. The van der Waals surface area contributed by atoms with Crippen LogP contribution in [0.15, 0.2) is 48.5 Å². The van der Waals surface area contributed by atoms with E-state index < -0.39 is 0 Å². The minimum absolute atomic E-state index is 0.0772. The maximum absolute atomic E-state index is 8.47. The molecule has 0 saturated carbocycles. The van der Waals surface area contributed by atoms with E-state index in [-0.39, 0.29) is 12.6 Å². The fourth-order valence-corrected chi connectivity index (χ4v) is 2.39. The van der Waals surface area contributed by atoms with Crippen molar-refractivity contribution >= 4 is 0 Å². The quantitative estimate of drug-likeness (QED) is 0.915. The van der Waals surface area contributed by atoms with Crippen LogP contribution in [0, 0.1) is 11.3 Å². The monoisotopic (exact) mass is 280 g/mol. The summed E-state index contributed by atoms with van der Waals surface area (Å²) in [4.78, 5) is 0. The number of fused-ring (bicyclic) bond motifs is 1. The first kappa shape index (κ1) is 13.5. The van der Waals surface area contributed by atoms with E-state index >= 15 is 0 Å². The molecule has 0 fully saturated rings. The van der Waals surface area contributed by atoms with Gasteiger partial charge in [0.25, 0.3) is 0 Å². The molecule has 0 aliphatic carbocycles. The molecule has 1 aliphatic heterocycles. The molecular formula is C17H16N2O2. The highest BCUT2D eigenvalue weighted by molar-refractivity contribution is 5.39. The van der Waals surface area contributed by atoms with Crippen LogP contribution in [0.2, 0.25) is 0 Å². The van der Waals surface area contributed by atoms with Gasteiger partial charge in [0, 0.05) is 12.1 Å². The summed E-state index contributed by atoms with van der Waals surface area (Å²) < 4.78 is 10.9. The molecule has 0 amide bonds. The highest BCUT2D eigenvalue weighted by Gasteiger charge is 2.22. The molecule has 0 aromatic heterocycles. The summed E-state index contributed by atoms with van der Waals surface area (Å²) in [5.41, 5.74) is 2.38. The highest BCUT2D eigenvalue weighted by Crippen LogP contribution is 2.31. The predicted molar refractivity (Wildman–Crippen MR) is 79.1 cm³/mol. The number of rotatable bonds is 5. The Labute approximate surface area is 123 Å². The van der Waals surface area contributed by atoms with Crippen molar-refractivity contribution in [2.24, 2.45) is 0 Å². The lowest BCUT2D eigenvalue weighted by Crippen LogP contribution is -2.21. The van der Waals surface area contributed by atoms with Gasteiger partial charge < -0.3 is 14.8 Å². The number of nitriles is 1. The summed E-state index contributed by atoms with van der Waals surface area (Å²) >= 11 is 0. The number of hydrogen-bond acceptors (Lipinski definition) is 4. The van der Waals surface area contributed by atoms with Gasteiger partial charge in [-0.25, -0.2) is 0 Å². The highest BCUT2D eigenvalue weighted by atomic mass is 16.5. The molecule has 4 heteroatoms. The van der Waals surface area contributed by atoms with Gasteiger partial charge in [-0.1, -0.05) is 30.3 Å². The first-order valence-electron chi connectivity index (χ1n) is 6.90. The minimum atomic E-state index is 0.0772. The molecule has 4 nitrogen and oxygen atoms in total. The van der Waals surface area contributed by atoms with Crippen LogP contribution in [0.5, 0.6) is 11.5 Å². The van der Waals surface area contributed by atoms with Gasteiger partial charge in [0.1, 0.15) is 24.2 Å². The van der Waals surface area contributed by atoms with Gasteiger partial charge >= 0.3 is 0 Å². The summed E-state index contributed by atoms with van der Waals surface area (Å²) in [5, 5.41) is 12.0. The Hall–Kier alpha value is -2.51. The Balaban J connectivity index is 1.58. The molecule has 1 heterocycles. The first-order valence-corrected chi connectivity index (χ1v) is 6.90. The molecule has 2 aromatic carbocycles. The average molecular weight is 280 g/mol. The topological polar surface area (TPSA) is 54.3 Å². The fourth-order valence-electron chi connectivity index (χ4n) is 2.39. The van der Waals surface area contributed by atoms with Gasteiger partial charge in [-0.05, 0) is 23.8 Å². The molecule has 0 bridgehead atoms. The van der Waals surface area contributed by atoms with Crippen LogP contribution in [0.3, 0.4) is 0 Å². The van der Waals surface area contributed by atoms with Crippen molar-refractivity contribution < 1.29 is 9.47 Å². The molecule has 0 saturated heterocycles. The van der Waals surface area contributed by atoms with Crippen molar-refractivity contribution in [1.29, 1.82) is 5.26 Å². The Bertz CT molecular complexity index is 647. The molecule has 1 atom stereocenters. The van der Waals surface area contributed by atoms with E-state index in [9.17, 15) is 0 Å². The normalized spacial score (nSPS) is 15.9. The fraction of sp³-hybridized carbons (Fsp3) is 0.235. The van der Waals surface area contributed by atoms with E-state index in [4.69, 9.17) is 14.7 Å². The Morgan fingerprint density at radius 2 is 2.00 bits per heavy atom. The van der Waals surface area contributed by atoms with Crippen LogP contribution >= 0.6 is 0 Å². The van der Waals surface area contributed by atoms with Crippen LogP contribution < -0.4 is 14.8 Å². The first-order chi connectivity index (χ1) is 10.4. The second kappa shape index (κ2) is 6.29. The van der Waals surface area contributed by atoms with Crippen LogP contribution in [-0.2, 0) is 6.54 Å². The number of nitrogens with one attached hydrogen (secondary N) is 1. The lowest BCUT2D eigenvalue weighted by atomic mass is 10.1. The molecule has 21 heavy (non-hydrogen) atoms. The maximum Gasteiger partial charge on any atom is 0.174 e. The third kappa shape index (κ3) is 3.15. The smallest absolute Gasteiger partial charge is 0.174 e. The largest absolute Gasteiger partial charge is 0.491 e. The van der Waals surface area contributed by atoms with Crippen molar-refractivity contribution in [1.82, 2.24) is 5.32 Å². The van der Waals surface area contributed by atoms with E-state index in [2.05, 4.69) is 11.4 Å². The van der Waals surface area contributed by atoms with Crippen molar-refractivity contribution in [3.05, 3.63) is 59.7 Å². The van der Waals surface area contributed by atoms with E-state index in [0.717, 1.165) is 18.0 Å². The number of ether oxygens (including phenoxy) is 2. The third-order valence-corrected chi connectivity index (χ3v) is 3.48. The molecule has 3 rings (SSSR count). The number of hydrogen-bond donors (Lipinski definition) is 1. The van der Waals surface area contributed by atoms with Gasteiger partial charge in [0.15, 0.2) is 6.61 Å². The Kier molecular flexibility index (Phi) is 4.04. The molecule has 0 spiro atoms. The van der Waals surface area contributed by atoms with Gasteiger partial charge in [0.05, 0.1) is 6.04 Å². The van der Waals surface area contributed by atoms with Crippen LogP contribution in [0.4, 0.5) is 0 Å². The molecule has 1 N–H and O–H groups in total. The number of nitrogens with zero attached hydrogens (tertiary/aromatic N) is 1. The SMILES string of the molecule is N#CCOc1ccc(CNC2COc3ccccc32)cc1. The predicted octanol–water partition coefficient (Wildman–Crippen LogP) is 2.81. The van der Waals surface area contributed by atoms with Gasteiger partial charge in [-0.15, -0.1) is 0 Å². The summed E-state index contributed by atoms with van der Waals surface area (Å²) in [6, 6.07) is 18.1. The number of para-hydroxylation sites is 1. The van der Waals surface area contributed by atoms with Crippen molar-refractivity contribution in [3.8, 4) is 17.6 Å². The second-order valence-corrected chi connectivity index (χ2v) is 4.87. The summed E-state index contributed by atoms with van der Waals surface area (Å²) in [5.74, 6) is 1.69. The summed E-state index contributed by atoms with van der Waals surface area (Å²) in [7, 11) is 0. The lowest BCUT2D eigenvalue weighted by molar-refractivity contribution is 0.310. The summed E-state index contributed by atoms with van der Waals surface area (Å²) in [6.45, 7) is 1.51. The average Bonchev–Trinajstić information content (AvgIpc) is 2.95. The van der Waals surface area contributed by atoms with Gasteiger partial charge in [0.2, 0.25) is 0 Å². The van der Waals surface area contributed by atoms with E-state index in [1.54, 1.807) is 0 Å². The molecular weight excluding hydrogens is 264 g/mol. The molecule has 2 aromatic rings.